The molecule has 0 radical (unpaired) electrons. The second-order valence-electron chi connectivity index (χ2n) is 7.34. The molecule has 0 aromatic carbocycles. The van der Waals surface area contributed by atoms with Crippen LogP contribution in [0, 0.1) is 17.8 Å². The van der Waals surface area contributed by atoms with E-state index in [1.165, 1.54) is 0 Å². The first-order valence-corrected chi connectivity index (χ1v) is 8.86. The van der Waals surface area contributed by atoms with Crippen LogP contribution in [0.3, 0.4) is 0 Å². The first-order chi connectivity index (χ1) is 10.5. The van der Waals surface area contributed by atoms with Crippen LogP contribution in [0.5, 0.6) is 0 Å². The molecule has 5 nitrogen and oxygen atoms in total. The van der Waals surface area contributed by atoms with Crippen molar-refractivity contribution in [3.8, 4) is 0 Å². The number of piperidine rings is 1. The Morgan fingerprint density at radius 3 is 2.42 bits per heavy atom. The molecule has 1 heterocycles. The molecule has 3 N–H and O–H groups in total. The number of carbonyl (C=O) groups is 1. The molecule has 7 heteroatoms. The van der Waals surface area contributed by atoms with Crippen LogP contribution in [0.25, 0.3) is 0 Å². The number of aliphatic hydroxyl groups excluding tert-OH is 1. The minimum absolute atomic E-state index is 0. The van der Waals surface area contributed by atoms with Crippen molar-refractivity contribution < 1.29 is 9.90 Å². The maximum absolute atomic E-state index is 12.6. The van der Waals surface area contributed by atoms with E-state index in [9.17, 15) is 9.90 Å². The molecular formula is C17H35Cl2N3O2. The maximum Gasteiger partial charge on any atom is 0.225 e. The van der Waals surface area contributed by atoms with E-state index in [2.05, 4.69) is 4.90 Å². The number of halogens is 2. The van der Waals surface area contributed by atoms with Crippen molar-refractivity contribution in [3.63, 3.8) is 0 Å². The molecule has 2 aliphatic rings. The van der Waals surface area contributed by atoms with Crippen LogP contribution in [-0.2, 0) is 4.79 Å². The fourth-order valence-electron chi connectivity index (χ4n) is 4.13. The molecule has 0 aromatic rings. The van der Waals surface area contributed by atoms with Gasteiger partial charge in [0.25, 0.3) is 0 Å². The first-order valence-electron chi connectivity index (χ1n) is 8.86. The third-order valence-corrected chi connectivity index (χ3v) is 5.42. The summed E-state index contributed by atoms with van der Waals surface area (Å²) in [6.07, 6.45) is 5.25. The van der Waals surface area contributed by atoms with E-state index < -0.39 is 0 Å². The van der Waals surface area contributed by atoms with Gasteiger partial charge in [0, 0.05) is 26.1 Å². The van der Waals surface area contributed by atoms with Gasteiger partial charge in [0.15, 0.2) is 0 Å². The van der Waals surface area contributed by atoms with Crippen LogP contribution < -0.4 is 5.73 Å². The normalized spacial score (nSPS) is 26.3. The van der Waals surface area contributed by atoms with Crippen molar-refractivity contribution in [2.24, 2.45) is 23.5 Å². The minimum atomic E-state index is -0.253. The molecule has 0 spiro atoms. The van der Waals surface area contributed by atoms with Gasteiger partial charge in [0.1, 0.15) is 0 Å². The summed E-state index contributed by atoms with van der Waals surface area (Å²) >= 11 is 0. The maximum atomic E-state index is 12.6. The van der Waals surface area contributed by atoms with E-state index in [0.29, 0.717) is 24.3 Å². The molecule has 1 aliphatic heterocycles. The van der Waals surface area contributed by atoms with Crippen LogP contribution in [0.1, 0.15) is 39.0 Å². The Hall–Kier alpha value is -0.0700. The highest BCUT2D eigenvalue weighted by molar-refractivity contribution is 5.85. The average Bonchev–Trinajstić information content (AvgIpc) is 2.96. The van der Waals surface area contributed by atoms with Crippen molar-refractivity contribution in [1.82, 2.24) is 9.80 Å². The van der Waals surface area contributed by atoms with Crippen molar-refractivity contribution >= 4 is 30.7 Å². The predicted octanol–water partition coefficient (Wildman–Crippen LogP) is 1.76. The molecule has 1 aliphatic carbocycles. The number of aliphatic hydroxyl groups is 1. The number of rotatable bonds is 6. The standard InChI is InChI=1S/C17H33N3O2.2ClH/c1-13(21)11-20-8-6-14(7-9-20)12-19(2)17(22)16-5-3-4-15(16)10-18;;/h13-16,21H,3-12,18H2,1-2H3;2*1H/t13?,15-,16-;;/m1../s1. The van der Waals surface area contributed by atoms with Crippen molar-refractivity contribution in [2.45, 2.75) is 45.1 Å². The van der Waals surface area contributed by atoms with Crippen molar-refractivity contribution in [2.75, 3.05) is 39.8 Å². The Balaban J connectivity index is 0.00000264. The summed E-state index contributed by atoms with van der Waals surface area (Å²) in [4.78, 5) is 16.9. The third kappa shape index (κ3) is 6.68. The molecule has 144 valence electrons. The van der Waals surface area contributed by atoms with Crippen LogP contribution in [0.15, 0.2) is 0 Å². The molecule has 0 aromatic heterocycles. The fourth-order valence-corrected chi connectivity index (χ4v) is 4.13. The monoisotopic (exact) mass is 383 g/mol. The number of amides is 1. The zero-order valence-electron chi connectivity index (χ0n) is 15.0. The van der Waals surface area contributed by atoms with E-state index in [0.717, 1.165) is 58.3 Å². The van der Waals surface area contributed by atoms with Crippen molar-refractivity contribution in [1.29, 1.82) is 0 Å². The second-order valence-corrected chi connectivity index (χ2v) is 7.34. The lowest BCUT2D eigenvalue weighted by molar-refractivity contribution is -0.136. The zero-order chi connectivity index (χ0) is 16.1. The predicted molar refractivity (Wildman–Crippen MR) is 103 cm³/mol. The summed E-state index contributed by atoms with van der Waals surface area (Å²) in [6.45, 7) is 6.19. The van der Waals surface area contributed by atoms with Crippen molar-refractivity contribution in [3.05, 3.63) is 0 Å². The largest absolute Gasteiger partial charge is 0.392 e. The van der Waals surface area contributed by atoms with E-state index in [4.69, 9.17) is 5.73 Å². The minimum Gasteiger partial charge on any atom is -0.392 e. The van der Waals surface area contributed by atoms with Gasteiger partial charge in [-0.3, -0.25) is 4.79 Å². The molecule has 2 fully saturated rings. The molecule has 3 atom stereocenters. The highest BCUT2D eigenvalue weighted by Crippen LogP contribution is 2.32. The number of likely N-dealkylation sites (tertiary alicyclic amines) is 1. The number of nitrogens with zero attached hydrogens (tertiary/aromatic N) is 2. The smallest absolute Gasteiger partial charge is 0.225 e. The Morgan fingerprint density at radius 1 is 1.25 bits per heavy atom. The molecule has 1 saturated heterocycles. The summed E-state index contributed by atoms with van der Waals surface area (Å²) in [6, 6.07) is 0. The molecular weight excluding hydrogens is 349 g/mol. The Labute approximate surface area is 159 Å². The Morgan fingerprint density at radius 2 is 1.88 bits per heavy atom. The highest BCUT2D eigenvalue weighted by Gasteiger charge is 2.34. The van der Waals surface area contributed by atoms with E-state index in [-0.39, 0.29) is 36.8 Å². The van der Waals surface area contributed by atoms with Gasteiger partial charge < -0.3 is 20.6 Å². The number of hydrogen-bond donors (Lipinski definition) is 2. The van der Waals surface area contributed by atoms with Gasteiger partial charge in [0.2, 0.25) is 5.91 Å². The molecule has 24 heavy (non-hydrogen) atoms. The van der Waals surface area contributed by atoms with Crippen LogP contribution in [0.2, 0.25) is 0 Å². The van der Waals surface area contributed by atoms with Gasteiger partial charge in [-0.15, -0.1) is 24.8 Å². The van der Waals surface area contributed by atoms with Gasteiger partial charge in [-0.1, -0.05) is 6.42 Å². The lowest BCUT2D eigenvalue weighted by atomic mass is 9.92. The quantitative estimate of drug-likeness (QED) is 0.732. The zero-order valence-corrected chi connectivity index (χ0v) is 16.7. The molecule has 2 rings (SSSR count). The molecule has 1 saturated carbocycles. The van der Waals surface area contributed by atoms with Gasteiger partial charge in [-0.25, -0.2) is 0 Å². The number of carbonyl (C=O) groups excluding carboxylic acids is 1. The molecule has 1 amide bonds. The summed E-state index contributed by atoms with van der Waals surface area (Å²) in [7, 11) is 1.95. The SMILES string of the molecule is CC(O)CN1CCC(CN(C)C(=O)[C@@H]2CCC[C@@H]2CN)CC1.Cl.Cl. The summed E-state index contributed by atoms with van der Waals surface area (Å²) in [5.41, 5.74) is 5.80. The Bertz CT molecular complexity index is 364. The number of β-amino-alcohol motifs (C(OH)–C–C–N with tert-alkyl or cyclic N) is 1. The van der Waals surface area contributed by atoms with Gasteiger partial charge >= 0.3 is 0 Å². The Kier molecular flexibility index (Phi) is 11.5. The number of hydrogen-bond acceptors (Lipinski definition) is 4. The highest BCUT2D eigenvalue weighted by atomic mass is 35.5. The van der Waals surface area contributed by atoms with Crippen LogP contribution in [0.4, 0.5) is 0 Å². The van der Waals surface area contributed by atoms with Gasteiger partial charge in [-0.05, 0) is 64.1 Å². The van der Waals surface area contributed by atoms with Gasteiger partial charge in [0.05, 0.1) is 6.10 Å². The molecule has 1 unspecified atom stereocenters. The lowest BCUT2D eigenvalue weighted by Crippen LogP contribution is -2.43. The topological polar surface area (TPSA) is 69.8 Å². The molecule has 0 bridgehead atoms. The summed E-state index contributed by atoms with van der Waals surface area (Å²) in [5.74, 6) is 1.45. The van der Waals surface area contributed by atoms with Crippen LogP contribution in [-0.4, -0.2) is 66.7 Å². The summed E-state index contributed by atoms with van der Waals surface area (Å²) in [5, 5.41) is 9.45. The van der Waals surface area contributed by atoms with E-state index in [1.54, 1.807) is 0 Å². The van der Waals surface area contributed by atoms with Crippen LogP contribution >= 0.6 is 24.8 Å². The summed E-state index contributed by atoms with van der Waals surface area (Å²) < 4.78 is 0. The van der Waals surface area contributed by atoms with E-state index >= 15 is 0 Å². The number of nitrogens with two attached hydrogens (primary N) is 1. The first kappa shape index (κ1) is 23.9. The average molecular weight is 384 g/mol. The second kappa shape index (κ2) is 11.5. The third-order valence-electron chi connectivity index (χ3n) is 5.42. The fraction of sp³-hybridized carbons (Fsp3) is 0.941. The van der Waals surface area contributed by atoms with Gasteiger partial charge in [-0.2, -0.15) is 0 Å². The van der Waals surface area contributed by atoms with E-state index in [1.807, 2.05) is 18.9 Å². The lowest BCUT2D eigenvalue weighted by Gasteiger charge is -2.35.